The van der Waals surface area contributed by atoms with Crippen molar-refractivity contribution in [3.8, 4) is 0 Å². The lowest BCUT2D eigenvalue weighted by atomic mass is 9.79. The molecule has 2 aromatic carbocycles. The molecule has 0 amide bonds. The molecule has 0 aliphatic carbocycles. The maximum atomic E-state index is 14.2. The third-order valence-electron chi connectivity index (χ3n) is 8.83. The van der Waals surface area contributed by atoms with Crippen LogP contribution in [0.5, 0.6) is 0 Å². The van der Waals surface area contributed by atoms with Gasteiger partial charge in [-0.25, -0.2) is 0 Å². The van der Waals surface area contributed by atoms with Crippen LogP contribution in [0.25, 0.3) is 0 Å². The van der Waals surface area contributed by atoms with Gasteiger partial charge in [0, 0.05) is 19.4 Å². The van der Waals surface area contributed by atoms with Crippen LogP contribution in [0.15, 0.2) is 60.7 Å². The average Bonchev–Trinajstić information content (AvgIpc) is 3.00. The molecule has 2 heterocycles. The summed E-state index contributed by atoms with van der Waals surface area (Å²) in [6.07, 6.45) is -3.65. The zero-order valence-corrected chi connectivity index (χ0v) is 26.8. The van der Waals surface area contributed by atoms with Gasteiger partial charge in [0.2, 0.25) is 0 Å². The van der Waals surface area contributed by atoms with Gasteiger partial charge in [-0.15, -0.1) is 0 Å². The van der Waals surface area contributed by atoms with Gasteiger partial charge < -0.3 is 28.4 Å². The van der Waals surface area contributed by atoms with Crippen molar-refractivity contribution in [1.82, 2.24) is 0 Å². The number of carbonyl (C=O) groups is 3. The lowest BCUT2D eigenvalue weighted by Gasteiger charge is -2.53. The highest BCUT2D eigenvalue weighted by atomic mass is 16.8. The number of Topliss-reactive ketones (excluding diaryl/α,β-unsaturated/α-hetero) is 1. The van der Waals surface area contributed by atoms with Crippen molar-refractivity contribution >= 4 is 17.7 Å². The Balaban J connectivity index is 1.77. The van der Waals surface area contributed by atoms with Crippen LogP contribution < -0.4 is 0 Å². The smallest absolute Gasteiger partial charge is 0.303 e. The van der Waals surface area contributed by atoms with Crippen LogP contribution in [-0.4, -0.2) is 60.3 Å². The fourth-order valence-electron chi connectivity index (χ4n) is 6.48. The molecule has 9 nitrogen and oxygen atoms in total. The van der Waals surface area contributed by atoms with Crippen molar-refractivity contribution in [1.29, 1.82) is 0 Å². The maximum absolute atomic E-state index is 14.2. The molecule has 2 fully saturated rings. The molecule has 5 unspecified atom stereocenters. The van der Waals surface area contributed by atoms with E-state index in [0.717, 1.165) is 12.0 Å². The largest absolute Gasteiger partial charge is 0.457 e. The van der Waals surface area contributed by atoms with Gasteiger partial charge >= 0.3 is 11.9 Å². The summed E-state index contributed by atoms with van der Waals surface area (Å²) in [6, 6.07) is 18.5. The third kappa shape index (κ3) is 7.57. The van der Waals surface area contributed by atoms with Crippen LogP contribution in [0.1, 0.15) is 77.2 Å². The van der Waals surface area contributed by atoms with E-state index in [1.807, 2.05) is 44.2 Å². The highest BCUT2D eigenvalue weighted by molar-refractivity contribution is 5.98. The molecule has 240 valence electrons. The molecule has 0 aromatic heterocycles. The van der Waals surface area contributed by atoms with Crippen molar-refractivity contribution < 1.29 is 42.8 Å². The van der Waals surface area contributed by atoms with Gasteiger partial charge in [-0.2, -0.15) is 0 Å². The van der Waals surface area contributed by atoms with Crippen LogP contribution in [0.4, 0.5) is 0 Å². The topological polar surface area (TPSA) is 107 Å². The first-order valence-electron chi connectivity index (χ1n) is 15.6. The number of ether oxygens (including phenoxy) is 6. The Bertz CT molecular complexity index is 1250. The van der Waals surface area contributed by atoms with Gasteiger partial charge in [-0.1, -0.05) is 88.4 Å². The zero-order valence-electron chi connectivity index (χ0n) is 26.8. The second-order valence-corrected chi connectivity index (χ2v) is 12.0. The summed E-state index contributed by atoms with van der Waals surface area (Å²) in [4.78, 5) is 38.9. The first-order chi connectivity index (χ1) is 21.0. The van der Waals surface area contributed by atoms with E-state index in [1.54, 1.807) is 30.3 Å². The molecule has 4 rings (SSSR count). The molecule has 44 heavy (non-hydrogen) atoms. The molecule has 0 saturated carbocycles. The number of hydrogen-bond acceptors (Lipinski definition) is 9. The monoisotopic (exact) mass is 610 g/mol. The Hall–Kier alpha value is -3.11. The predicted molar refractivity (Wildman–Crippen MR) is 162 cm³/mol. The molecule has 0 radical (unpaired) electrons. The summed E-state index contributed by atoms with van der Waals surface area (Å²) in [6.45, 7) is 12.9. The van der Waals surface area contributed by atoms with Gasteiger partial charge in [-0.3, -0.25) is 14.4 Å². The number of esters is 2. The minimum atomic E-state index is -1.34. The van der Waals surface area contributed by atoms with E-state index in [0.29, 0.717) is 18.6 Å². The van der Waals surface area contributed by atoms with Crippen molar-refractivity contribution in [2.45, 2.75) is 111 Å². The lowest BCUT2D eigenvalue weighted by Crippen LogP contribution is -2.65. The van der Waals surface area contributed by atoms with Crippen molar-refractivity contribution in [2.75, 3.05) is 0 Å². The fourth-order valence-corrected chi connectivity index (χ4v) is 6.48. The van der Waals surface area contributed by atoms with E-state index in [2.05, 4.69) is 20.8 Å². The molecule has 2 aromatic rings. The summed E-state index contributed by atoms with van der Waals surface area (Å²) in [5, 5.41) is 0. The quantitative estimate of drug-likeness (QED) is 0.228. The Morgan fingerprint density at radius 2 is 1.36 bits per heavy atom. The minimum absolute atomic E-state index is 0.0225. The van der Waals surface area contributed by atoms with Crippen molar-refractivity contribution in [3.63, 3.8) is 0 Å². The Morgan fingerprint density at radius 3 is 1.93 bits per heavy atom. The van der Waals surface area contributed by atoms with Gasteiger partial charge in [0.25, 0.3) is 0 Å². The summed E-state index contributed by atoms with van der Waals surface area (Å²) >= 11 is 0. The molecule has 0 spiro atoms. The highest BCUT2D eigenvalue weighted by Gasteiger charge is 2.58. The first-order valence-corrected chi connectivity index (χ1v) is 15.6. The van der Waals surface area contributed by atoms with E-state index in [9.17, 15) is 14.4 Å². The molecule has 2 saturated heterocycles. The number of hydrogen-bond donors (Lipinski definition) is 0. The van der Waals surface area contributed by atoms with E-state index in [4.69, 9.17) is 28.4 Å². The minimum Gasteiger partial charge on any atom is -0.457 e. The Kier molecular flexibility index (Phi) is 11.3. The molecule has 9 heteroatoms. The first kappa shape index (κ1) is 33.8. The second kappa shape index (κ2) is 14.8. The second-order valence-electron chi connectivity index (χ2n) is 12.0. The fraction of sp³-hybridized carbons (Fsp3) is 0.571. The van der Waals surface area contributed by atoms with Crippen LogP contribution in [-0.2, 0) is 44.6 Å². The van der Waals surface area contributed by atoms with Crippen molar-refractivity contribution in [3.05, 3.63) is 71.8 Å². The van der Waals surface area contributed by atoms with Crippen LogP contribution in [0, 0.1) is 17.8 Å². The molecule has 10 atom stereocenters. The third-order valence-corrected chi connectivity index (χ3v) is 8.83. The van der Waals surface area contributed by atoms with Gasteiger partial charge in [-0.05, 0) is 37.2 Å². The SMILES string of the molecule is CCC1O[C@](C)(O[C@H]2O[C@H](CC)C(OC(C)=O)C(OC(C)=O)C2C(=O)c2ccccc2)C(OCc2ccccc2)[C@@H](C)[C@@H]1C. The van der Waals surface area contributed by atoms with Crippen molar-refractivity contribution in [2.24, 2.45) is 17.8 Å². The maximum Gasteiger partial charge on any atom is 0.303 e. The standard InChI is InChI=1S/C35H46O9/c1-8-27-21(3)22(4)33(39-20-25-16-12-10-13-17-25)35(7,43-27)44-34-29(30(38)26-18-14-11-15-19-26)32(41-24(6)37)31(40-23(5)36)28(9-2)42-34/h10-19,21-22,27-29,31-34H,8-9,20H2,1-7H3/t21-,22-,27?,28+,29?,31?,32?,33?,34+,35+/m0/s1. The molecule has 0 N–H and O–H groups in total. The van der Waals surface area contributed by atoms with Crippen LogP contribution in [0.3, 0.4) is 0 Å². The summed E-state index contributed by atoms with van der Waals surface area (Å²) in [7, 11) is 0. The normalized spacial score (nSPS) is 33.8. The molecule has 0 bridgehead atoms. The summed E-state index contributed by atoms with van der Waals surface area (Å²) < 4.78 is 38.0. The number of rotatable bonds is 11. The molecule has 2 aliphatic rings. The Morgan fingerprint density at radius 1 is 0.795 bits per heavy atom. The number of benzene rings is 2. The number of carbonyl (C=O) groups excluding carboxylic acids is 3. The van der Waals surface area contributed by atoms with E-state index in [1.165, 1.54) is 13.8 Å². The van der Waals surface area contributed by atoms with E-state index >= 15 is 0 Å². The number of ketones is 1. The van der Waals surface area contributed by atoms with Gasteiger partial charge in [0.1, 0.15) is 18.1 Å². The van der Waals surface area contributed by atoms with Gasteiger partial charge in [0.15, 0.2) is 30.1 Å². The van der Waals surface area contributed by atoms with E-state index in [-0.39, 0.29) is 23.7 Å². The summed E-state index contributed by atoms with van der Waals surface area (Å²) in [5.41, 5.74) is 1.38. The molecular weight excluding hydrogens is 564 g/mol. The van der Waals surface area contributed by atoms with Gasteiger partial charge in [0.05, 0.1) is 12.7 Å². The lowest BCUT2D eigenvalue weighted by molar-refractivity contribution is -0.403. The summed E-state index contributed by atoms with van der Waals surface area (Å²) in [5.74, 6) is -3.89. The average molecular weight is 611 g/mol. The Labute approximate surface area is 260 Å². The molecular formula is C35H46O9. The predicted octanol–water partition coefficient (Wildman–Crippen LogP) is 5.88. The van der Waals surface area contributed by atoms with Crippen LogP contribution in [0.2, 0.25) is 0 Å². The molecule has 2 aliphatic heterocycles. The zero-order chi connectivity index (χ0) is 32.0. The van der Waals surface area contributed by atoms with E-state index < -0.39 is 54.3 Å². The van der Waals surface area contributed by atoms with Crippen LogP contribution >= 0.6 is 0 Å². The highest BCUT2D eigenvalue weighted by Crippen LogP contribution is 2.44.